The molecule has 1 amide bonds. The van der Waals surface area contributed by atoms with E-state index in [2.05, 4.69) is 4.98 Å². The first-order valence-electron chi connectivity index (χ1n) is 7.10. The van der Waals surface area contributed by atoms with Crippen LogP contribution in [0.5, 0.6) is 11.6 Å². The standard InChI is InChI=1S/C17H20N2O3/c1-19(16(20)10-12-21-2)13-14-7-6-11-18-17(14)22-15-8-4-3-5-9-15/h3-9,11H,10,12-13H2,1-2H3. The highest BCUT2D eigenvalue weighted by molar-refractivity contribution is 5.76. The van der Waals surface area contributed by atoms with Crippen molar-refractivity contribution in [3.63, 3.8) is 0 Å². The van der Waals surface area contributed by atoms with Crippen LogP contribution in [-0.2, 0) is 16.1 Å². The highest BCUT2D eigenvalue weighted by atomic mass is 16.5. The van der Waals surface area contributed by atoms with E-state index in [9.17, 15) is 4.79 Å². The molecule has 0 N–H and O–H groups in total. The molecule has 2 rings (SSSR count). The van der Waals surface area contributed by atoms with Crippen molar-refractivity contribution in [2.45, 2.75) is 13.0 Å². The number of hydrogen-bond acceptors (Lipinski definition) is 4. The van der Waals surface area contributed by atoms with Crippen LogP contribution in [-0.4, -0.2) is 36.6 Å². The van der Waals surface area contributed by atoms with Gasteiger partial charge >= 0.3 is 0 Å². The van der Waals surface area contributed by atoms with E-state index in [0.717, 1.165) is 11.3 Å². The molecule has 0 saturated carbocycles. The predicted molar refractivity (Wildman–Crippen MR) is 83.7 cm³/mol. The summed E-state index contributed by atoms with van der Waals surface area (Å²) in [4.78, 5) is 17.9. The lowest BCUT2D eigenvalue weighted by molar-refractivity contribution is -0.131. The van der Waals surface area contributed by atoms with Crippen LogP contribution in [0.2, 0.25) is 0 Å². The zero-order chi connectivity index (χ0) is 15.8. The molecule has 0 bridgehead atoms. The van der Waals surface area contributed by atoms with Crippen molar-refractivity contribution >= 4 is 5.91 Å². The van der Waals surface area contributed by atoms with Gasteiger partial charge in [0, 0.05) is 25.9 Å². The number of carbonyl (C=O) groups excluding carboxylic acids is 1. The maximum absolute atomic E-state index is 12.0. The number of para-hydroxylation sites is 1. The number of hydrogen-bond donors (Lipinski definition) is 0. The summed E-state index contributed by atoms with van der Waals surface area (Å²) in [6.07, 6.45) is 2.04. The van der Waals surface area contributed by atoms with E-state index in [-0.39, 0.29) is 5.91 Å². The van der Waals surface area contributed by atoms with Crippen LogP contribution in [0.25, 0.3) is 0 Å². The van der Waals surface area contributed by atoms with Crippen LogP contribution in [0.4, 0.5) is 0 Å². The number of ether oxygens (including phenoxy) is 2. The lowest BCUT2D eigenvalue weighted by atomic mass is 10.2. The van der Waals surface area contributed by atoms with E-state index in [1.165, 1.54) is 0 Å². The highest BCUT2D eigenvalue weighted by Crippen LogP contribution is 2.23. The first kappa shape index (κ1) is 16.0. The number of rotatable bonds is 7. The summed E-state index contributed by atoms with van der Waals surface area (Å²) < 4.78 is 10.7. The van der Waals surface area contributed by atoms with E-state index in [0.29, 0.717) is 25.5 Å². The van der Waals surface area contributed by atoms with Crippen molar-refractivity contribution in [1.82, 2.24) is 9.88 Å². The Kier molecular flexibility index (Phi) is 5.91. The Bertz CT molecular complexity index is 602. The van der Waals surface area contributed by atoms with Gasteiger partial charge in [-0.15, -0.1) is 0 Å². The van der Waals surface area contributed by atoms with Crippen molar-refractivity contribution in [3.8, 4) is 11.6 Å². The van der Waals surface area contributed by atoms with Crippen molar-refractivity contribution < 1.29 is 14.3 Å². The normalized spacial score (nSPS) is 10.3. The quantitative estimate of drug-likeness (QED) is 0.789. The summed E-state index contributed by atoms with van der Waals surface area (Å²) >= 11 is 0. The van der Waals surface area contributed by atoms with Gasteiger partial charge < -0.3 is 14.4 Å². The van der Waals surface area contributed by atoms with Gasteiger partial charge in [-0.1, -0.05) is 24.3 Å². The fourth-order valence-electron chi connectivity index (χ4n) is 1.96. The molecule has 116 valence electrons. The second kappa shape index (κ2) is 8.14. The molecule has 22 heavy (non-hydrogen) atoms. The molecular formula is C17H20N2O3. The lowest BCUT2D eigenvalue weighted by Crippen LogP contribution is -2.27. The molecule has 0 radical (unpaired) electrons. The third kappa shape index (κ3) is 4.56. The molecule has 0 atom stereocenters. The van der Waals surface area contributed by atoms with Crippen molar-refractivity contribution in [2.75, 3.05) is 20.8 Å². The van der Waals surface area contributed by atoms with Crippen LogP contribution in [0.15, 0.2) is 48.7 Å². The average Bonchev–Trinajstić information content (AvgIpc) is 2.55. The number of benzene rings is 1. The molecule has 1 heterocycles. The number of aromatic nitrogens is 1. The van der Waals surface area contributed by atoms with Gasteiger partial charge in [0.05, 0.1) is 19.6 Å². The lowest BCUT2D eigenvalue weighted by Gasteiger charge is -2.18. The smallest absolute Gasteiger partial charge is 0.224 e. The van der Waals surface area contributed by atoms with Crippen LogP contribution < -0.4 is 4.74 Å². The van der Waals surface area contributed by atoms with E-state index in [1.54, 1.807) is 25.3 Å². The Hall–Kier alpha value is -2.40. The Balaban J connectivity index is 2.06. The van der Waals surface area contributed by atoms with Crippen LogP contribution in [0.1, 0.15) is 12.0 Å². The Morgan fingerprint density at radius 3 is 2.68 bits per heavy atom. The third-order valence-corrected chi connectivity index (χ3v) is 3.16. The number of methoxy groups -OCH3 is 1. The topological polar surface area (TPSA) is 51.7 Å². The van der Waals surface area contributed by atoms with Gasteiger partial charge in [0.25, 0.3) is 0 Å². The molecule has 0 saturated heterocycles. The molecule has 1 aromatic heterocycles. The summed E-state index contributed by atoms with van der Waals surface area (Å²) in [5.41, 5.74) is 0.861. The molecule has 0 aliphatic rings. The molecule has 5 heteroatoms. The van der Waals surface area contributed by atoms with E-state index >= 15 is 0 Å². The van der Waals surface area contributed by atoms with E-state index in [1.807, 2.05) is 42.5 Å². The molecule has 0 unspecified atom stereocenters. The molecule has 2 aromatic rings. The third-order valence-electron chi connectivity index (χ3n) is 3.16. The van der Waals surface area contributed by atoms with Gasteiger partial charge in [0.15, 0.2) is 0 Å². The zero-order valence-electron chi connectivity index (χ0n) is 12.9. The summed E-state index contributed by atoms with van der Waals surface area (Å²) in [6, 6.07) is 13.2. The Morgan fingerprint density at radius 1 is 1.18 bits per heavy atom. The fraction of sp³-hybridized carbons (Fsp3) is 0.294. The second-order valence-corrected chi connectivity index (χ2v) is 4.88. The largest absolute Gasteiger partial charge is 0.439 e. The highest BCUT2D eigenvalue weighted by Gasteiger charge is 2.13. The predicted octanol–water partition coefficient (Wildman–Crippen LogP) is 2.87. The number of nitrogens with zero attached hydrogens (tertiary/aromatic N) is 2. The number of pyridine rings is 1. The first-order valence-corrected chi connectivity index (χ1v) is 7.10. The molecule has 0 spiro atoms. The zero-order valence-corrected chi connectivity index (χ0v) is 12.9. The summed E-state index contributed by atoms with van der Waals surface area (Å²) in [5.74, 6) is 1.26. The van der Waals surface area contributed by atoms with E-state index < -0.39 is 0 Å². The molecule has 1 aromatic carbocycles. The summed E-state index contributed by atoms with van der Waals surface area (Å²) in [5, 5.41) is 0. The van der Waals surface area contributed by atoms with Crippen LogP contribution in [0, 0.1) is 0 Å². The fourth-order valence-corrected chi connectivity index (χ4v) is 1.96. The maximum Gasteiger partial charge on any atom is 0.224 e. The monoisotopic (exact) mass is 300 g/mol. The van der Waals surface area contributed by atoms with Crippen molar-refractivity contribution in [3.05, 3.63) is 54.2 Å². The minimum absolute atomic E-state index is 0.0244. The van der Waals surface area contributed by atoms with E-state index in [4.69, 9.17) is 9.47 Å². The van der Waals surface area contributed by atoms with Gasteiger partial charge in [-0.05, 0) is 18.2 Å². The van der Waals surface area contributed by atoms with Crippen LogP contribution >= 0.6 is 0 Å². The maximum atomic E-state index is 12.0. The summed E-state index contributed by atoms with van der Waals surface area (Å²) in [7, 11) is 3.34. The minimum atomic E-state index is 0.0244. The van der Waals surface area contributed by atoms with Crippen LogP contribution in [0.3, 0.4) is 0 Å². The van der Waals surface area contributed by atoms with Gasteiger partial charge in [0.2, 0.25) is 11.8 Å². The Morgan fingerprint density at radius 2 is 1.95 bits per heavy atom. The molecule has 5 nitrogen and oxygen atoms in total. The molecule has 0 fully saturated rings. The molecule has 0 aliphatic heterocycles. The first-order chi connectivity index (χ1) is 10.7. The SMILES string of the molecule is COCCC(=O)N(C)Cc1cccnc1Oc1ccccc1. The summed E-state index contributed by atoms with van der Waals surface area (Å²) in [6.45, 7) is 0.863. The molecular weight excluding hydrogens is 280 g/mol. The molecule has 0 aliphatic carbocycles. The number of carbonyl (C=O) groups is 1. The van der Waals surface area contributed by atoms with Crippen molar-refractivity contribution in [1.29, 1.82) is 0 Å². The second-order valence-electron chi connectivity index (χ2n) is 4.88. The minimum Gasteiger partial charge on any atom is -0.439 e. The van der Waals surface area contributed by atoms with Gasteiger partial charge in [-0.2, -0.15) is 0 Å². The Labute approximate surface area is 130 Å². The van der Waals surface area contributed by atoms with Gasteiger partial charge in [-0.3, -0.25) is 4.79 Å². The van der Waals surface area contributed by atoms with Gasteiger partial charge in [0.1, 0.15) is 5.75 Å². The van der Waals surface area contributed by atoms with Crippen molar-refractivity contribution in [2.24, 2.45) is 0 Å². The van der Waals surface area contributed by atoms with Gasteiger partial charge in [-0.25, -0.2) is 4.98 Å². The number of amides is 1. The average molecular weight is 300 g/mol.